The van der Waals surface area contributed by atoms with E-state index < -0.39 is 11.4 Å². The minimum atomic E-state index is -0.702. The molecule has 1 rings (SSSR count). The van der Waals surface area contributed by atoms with Crippen LogP contribution in [0.4, 0.5) is 10.6 Å². The number of aromatic nitrogens is 1. The zero-order valence-electron chi connectivity index (χ0n) is 8.07. The van der Waals surface area contributed by atoms with Gasteiger partial charge in [-0.15, -0.1) is 0 Å². The van der Waals surface area contributed by atoms with E-state index in [1.54, 1.807) is 13.8 Å². The maximum atomic E-state index is 10.5. The number of amides is 2. The van der Waals surface area contributed by atoms with Gasteiger partial charge < -0.3 is 15.4 Å². The van der Waals surface area contributed by atoms with Crippen LogP contribution in [0.1, 0.15) is 19.6 Å². The number of nitrogens with zero attached hydrogens (tertiary/aromatic N) is 1. The number of urea groups is 1. The number of aliphatic hydroxyl groups excluding tert-OH is 1. The predicted octanol–water partition coefficient (Wildman–Crippen LogP) is 0.435. The predicted molar refractivity (Wildman–Crippen MR) is 49.8 cm³/mol. The number of anilines is 1. The first-order valence-corrected chi connectivity index (χ1v) is 4.10. The zero-order chi connectivity index (χ0) is 10.8. The monoisotopic (exact) mass is 199 g/mol. The number of primary amides is 1. The summed E-state index contributed by atoms with van der Waals surface area (Å²) < 4.78 is 4.94. The van der Waals surface area contributed by atoms with Gasteiger partial charge in [-0.3, -0.25) is 5.32 Å². The van der Waals surface area contributed by atoms with E-state index in [9.17, 15) is 4.79 Å². The molecule has 4 N–H and O–H groups in total. The van der Waals surface area contributed by atoms with Crippen molar-refractivity contribution >= 4 is 11.8 Å². The average Bonchev–Trinajstić information content (AvgIpc) is 2.52. The highest BCUT2D eigenvalue weighted by molar-refractivity contribution is 5.86. The standard InChI is InChI=1S/C8H13N3O3/c1-8(2,4-12)5-3-6(11-14-5)10-7(9)13/h3,12H,4H2,1-2H3,(H3,9,10,11,13). The number of nitrogens with two attached hydrogens (primary N) is 1. The summed E-state index contributed by atoms with van der Waals surface area (Å²) >= 11 is 0. The van der Waals surface area contributed by atoms with Crippen molar-refractivity contribution in [2.75, 3.05) is 11.9 Å². The van der Waals surface area contributed by atoms with Crippen LogP contribution in [0.2, 0.25) is 0 Å². The molecule has 0 atom stereocenters. The molecular formula is C8H13N3O3. The third kappa shape index (κ3) is 2.23. The molecule has 0 saturated heterocycles. The lowest BCUT2D eigenvalue weighted by Gasteiger charge is -2.16. The minimum Gasteiger partial charge on any atom is -0.395 e. The summed E-state index contributed by atoms with van der Waals surface area (Å²) in [5, 5.41) is 14.9. The Kier molecular flexibility index (Phi) is 2.76. The summed E-state index contributed by atoms with van der Waals surface area (Å²) in [6, 6.07) is 0.827. The normalized spacial score (nSPS) is 11.4. The minimum absolute atomic E-state index is 0.0712. The second-order valence-electron chi connectivity index (χ2n) is 3.61. The van der Waals surface area contributed by atoms with Crippen LogP contribution in [0, 0.1) is 0 Å². The van der Waals surface area contributed by atoms with Gasteiger partial charge in [0, 0.05) is 11.5 Å². The second kappa shape index (κ2) is 3.67. The molecule has 0 unspecified atom stereocenters. The maximum absolute atomic E-state index is 10.5. The van der Waals surface area contributed by atoms with Crippen molar-refractivity contribution in [1.82, 2.24) is 5.16 Å². The van der Waals surface area contributed by atoms with E-state index in [-0.39, 0.29) is 12.4 Å². The van der Waals surface area contributed by atoms with Gasteiger partial charge in [0.2, 0.25) is 0 Å². The molecule has 6 nitrogen and oxygen atoms in total. The lowest BCUT2D eigenvalue weighted by atomic mass is 9.92. The topological polar surface area (TPSA) is 101 Å². The fourth-order valence-electron chi connectivity index (χ4n) is 0.857. The number of aliphatic hydroxyl groups is 1. The SMILES string of the molecule is CC(C)(CO)c1cc(NC(N)=O)no1. The molecule has 2 amide bonds. The average molecular weight is 199 g/mol. The van der Waals surface area contributed by atoms with E-state index in [1.165, 1.54) is 6.07 Å². The van der Waals surface area contributed by atoms with Crippen molar-refractivity contribution in [2.24, 2.45) is 5.73 Å². The van der Waals surface area contributed by atoms with Crippen LogP contribution in [0.25, 0.3) is 0 Å². The number of rotatable bonds is 3. The van der Waals surface area contributed by atoms with Crippen molar-refractivity contribution in [1.29, 1.82) is 0 Å². The van der Waals surface area contributed by atoms with Gasteiger partial charge in [-0.1, -0.05) is 19.0 Å². The van der Waals surface area contributed by atoms with Crippen LogP contribution in [-0.4, -0.2) is 22.9 Å². The molecule has 1 aromatic rings. The fourth-order valence-corrected chi connectivity index (χ4v) is 0.857. The Morgan fingerprint density at radius 2 is 2.43 bits per heavy atom. The van der Waals surface area contributed by atoms with E-state index >= 15 is 0 Å². The number of nitrogens with one attached hydrogen (secondary N) is 1. The summed E-state index contributed by atoms with van der Waals surface area (Å²) in [5.74, 6) is 0.734. The number of hydrogen-bond acceptors (Lipinski definition) is 4. The molecule has 0 radical (unpaired) electrons. The first kappa shape index (κ1) is 10.5. The van der Waals surface area contributed by atoms with E-state index in [1.807, 2.05) is 0 Å². The quantitative estimate of drug-likeness (QED) is 0.657. The smallest absolute Gasteiger partial charge is 0.317 e. The molecule has 0 aromatic carbocycles. The molecule has 0 aliphatic carbocycles. The number of hydrogen-bond donors (Lipinski definition) is 3. The van der Waals surface area contributed by atoms with Crippen molar-refractivity contribution < 1.29 is 14.4 Å². The van der Waals surface area contributed by atoms with Gasteiger partial charge in [0.15, 0.2) is 5.82 Å². The van der Waals surface area contributed by atoms with Gasteiger partial charge in [-0.2, -0.15) is 0 Å². The Balaban J connectivity index is 2.82. The fraction of sp³-hybridized carbons (Fsp3) is 0.500. The lowest BCUT2D eigenvalue weighted by Crippen LogP contribution is -2.21. The lowest BCUT2D eigenvalue weighted by molar-refractivity contribution is 0.187. The van der Waals surface area contributed by atoms with Gasteiger partial charge in [0.05, 0.1) is 6.61 Å². The van der Waals surface area contributed by atoms with Crippen LogP contribution in [0.5, 0.6) is 0 Å². The molecule has 0 saturated carbocycles. The first-order chi connectivity index (χ1) is 6.45. The third-order valence-electron chi connectivity index (χ3n) is 1.82. The molecule has 1 aromatic heterocycles. The Hall–Kier alpha value is -1.56. The van der Waals surface area contributed by atoms with Crippen LogP contribution in [0.3, 0.4) is 0 Å². The zero-order valence-corrected chi connectivity index (χ0v) is 8.07. The van der Waals surface area contributed by atoms with Gasteiger partial charge >= 0.3 is 6.03 Å². The molecule has 1 heterocycles. The van der Waals surface area contributed by atoms with E-state index in [0.29, 0.717) is 5.76 Å². The molecule has 78 valence electrons. The first-order valence-electron chi connectivity index (χ1n) is 4.10. The molecule has 0 fully saturated rings. The van der Waals surface area contributed by atoms with Gasteiger partial charge in [0.25, 0.3) is 0 Å². The molecule has 0 bridgehead atoms. The highest BCUT2D eigenvalue weighted by atomic mass is 16.5. The van der Waals surface area contributed by atoms with Crippen molar-refractivity contribution in [3.8, 4) is 0 Å². The molecule has 14 heavy (non-hydrogen) atoms. The molecule has 0 aliphatic rings. The van der Waals surface area contributed by atoms with E-state index in [2.05, 4.69) is 10.5 Å². The van der Waals surface area contributed by atoms with Crippen molar-refractivity contribution in [3.63, 3.8) is 0 Å². The van der Waals surface area contributed by atoms with Crippen LogP contribution in [0.15, 0.2) is 10.6 Å². The second-order valence-corrected chi connectivity index (χ2v) is 3.61. The number of carbonyl (C=O) groups excluding carboxylic acids is 1. The highest BCUT2D eigenvalue weighted by Gasteiger charge is 2.24. The van der Waals surface area contributed by atoms with Crippen LogP contribution in [-0.2, 0) is 5.41 Å². The van der Waals surface area contributed by atoms with E-state index in [0.717, 1.165) is 0 Å². The van der Waals surface area contributed by atoms with Gasteiger partial charge in [-0.05, 0) is 0 Å². The summed E-state index contributed by atoms with van der Waals surface area (Å²) in [6.45, 7) is 3.52. The maximum Gasteiger partial charge on any atom is 0.317 e. The molecule has 0 spiro atoms. The van der Waals surface area contributed by atoms with Crippen LogP contribution >= 0.6 is 0 Å². The Labute approximate surface area is 81.1 Å². The molecular weight excluding hydrogens is 186 g/mol. The summed E-state index contributed by atoms with van der Waals surface area (Å²) in [5.41, 5.74) is 4.37. The van der Waals surface area contributed by atoms with E-state index in [4.69, 9.17) is 15.4 Å². The summed E-state index contributed by atoms with van der Waals surface area (Å²) in [4.78, 5) is 10.5. The van der Waals surface area contributed by atoms with Crippen molar-refractivity contribution in [2.45, 2.75) is 19.3 Å². The highest BCUT2D eigenvalue weighted by Crippen LogP contribution is 2.24. The Bertz CT molecular complexity index is 332. The Morgan fingerprint density at radius 1 is 1.79 bits per heavy atom. The number of carbonyl (C=O) groups is 1. The third-order valence-corrected chi connectivity index (χ3v) is 1.82. The molecule has 0 aliphatic heterocycles. The molecule has 6 heteroatoms. The van der Waals surface area contributed by atoms with Crippen molar-refractivity contribution in [3.05, 3.63) is 11.8 Å². The largest absolute Gasteiger partial charge is 0.395 e. The summed E-state index contributed by atoms with van der Waals surface area (Å²) in [6.07, 6.45) is 0. The van der Waals surface area contributed by atoms with Gasteiger partial charge in [0.1, 0.15) is 5.76 Å². The van der Waals surface area contributed by atoms with Crippen LogP contribution < -0.4 is 11.1 Å². The Morgan fingerprint density at radius 3 is 2.93 bits per heavy atom. The summed E-state index contributed by atoms with van der Waals surface area (Å²) in [7, 11) is 0. The van der Waals surface area contributed by atoms with Gasteiger partial charge in [-0.25, -0.2) is 4.79 Å².